The van der Waals surface area contributed by atoms with Crippen LogP contribution < -0.4 is 0 Å². The summed E-state index contributed by atoms with van der Waals surface area (Å²) in [6.45, 7) is 14.2. The van der Waals surface area contributed by atoms with Crippen LogP contribution in [-0.4, -0.2) is 32.8 Å². The molecule has 24 aromatic rings. The minimum atomic E-state index is -0.137. The highest BCUT2D eigenvalue weighted by Crippen LogP contribution is 2.55. The van der Waals surface area contributed by atoms with Crippen molar-refractivity contribution >= 4 is 109 Å². The Kier molecular flexibility index (Phi) is 15.0. The summed E-state index contributed by atoms with van der Waals surface area (Å²) in [5.41, 5.74) is 41.4. The molecule has 7 nitrogen and oxygen atoms in total. The fourth-order valence-electron chi connectivity index (χ4n) is 23.0. The monoisotopic (exact) mass is 1630 g/mol. The van der Waals surface area contributed by atoms with E-state index in [0.29, 0.717) is 5.82 Å². The summed E-state index contributed by atoms with van der Waals surface area (Å²) in [5.74, 6) is 1.42. The van der Waals surface area contributed by atoms with Crippen molar-refractivity contribution in [2.75, 3.05) is 0 Å². The zero-order chi connectivity index (χ0) is 84.9. The molecule has 6 aromatic heterocycles. The number of fused-ring (bicyclic) bond motifs is 24. The summed E-state index contributed by atoms with van der Waals surface area (Å²) < 4.78 is 12.2. The molecule has 3 aliphatic carbocycles. The van der Waals surface area contributed by atoms with Crippen molar-refractivity contribution in [3.63, 3.8) is 0 Å². The number of hydrogen-bond donors (Lipinski definition) is 0. The molecular formula is C121H83N7. The lowest BCUT2D eigenvalue weighted by atomic mass is 9.82. The maximum Gasteiger partial charge on any atom is 0.162 e. The predicted octanol–water partition coefficient (Wildman–Crippen LogP) is 31.2. The minimum absolute atomic E-state index is 0.110. The second-order valence-corrected chi connectivity index (χ2v) is 37.2. The lowest BCUT2D eigenvalue weighted by Gasteiger charge is -2.22. The SMILES string of the molecule is CC1(C)c2ccccc2-c2ccc(-n3c4ccccc4c4cc(-c5ccc6c(c5)c5ccccc5n6-c5ccc(-c6cc(-n7c8ccc(-c9ccc%10c(c9)c9ccccc9n%10-c9ccc%10c(c9)C(C)(C)c9ccccc9-%10)cc8c8cc(-c9ccc%10c(c9)c9ccccc9n%10-c9ccc%10c(c9)C(C)(C)c9ccccc9-%10)ccc87)nc(-c7ccccc7)n6)cc5)ccc43)cc21. The van der Waals surface area contributed by atoms with Gasteiger partial charge in [-0.3, -0.25) is 4.57 Å². The van der Waals surface area contributed by atoms with E-state index in [9.17, 15) is 0 Å². The number of aromatic nitrogens is 7. The van der Waals surface area contributed by atoms with Gasteiger partial charge in [-0.1, -0.05) is 284 Å². The first-order valence-corrected chi connectivity index (χ1v) is 44.7. The molecule has 602 valence electrons. The zero-order valence-electron chi connectivity index (χ0n) is 71.7. The molecule has 0 fully saturated rings. The number of para-hydroxylation sites is 4. The summed E-state index contributed by atoms with van der Waals surface area (Å²) in [5, 5.41) is 12.0. The molecule has 0 aliphatic heterocycles. The normalized spacial score (nSPS) is 13.9. The Labute approximate surface area is 740 Å². The summed E-state index contributed by atoms with van der Waals surface area (Å²) in [6.07, 6.45) is 0. The van der Waals surface area contributed by atoms with Crippen LogP contribution in [0.5, 0.6) is 0 Å². The molecule has 0 atom stereocenters. The molecule has 0 saturated carbocycles. The Morgan fingerprint density at radius 1 is 0.172 bits per heavy atom. The van der Waals surface area contributed by atoms with E-state index in [1.54, 1.807) is 0 Å². The summed E-state index contributed by atoms with van der Waals surface area (Å²) >= 11 is 0. The van der Waals surface area contributed by atoms with Crippen LogP contribution in [0.25, 0.3) is 227 Å². The van der Waals surface area contributed by atoms with E-state index >= 15 is 0 Å². The average molecular weight is 1640 g/mol. The Morgan fingerprint density at radius 3 is 0.773 bits per heavy atom. The number of hydrogen-bond acceptors (Lipinski definition) is 2. The molecule has 18 aromatic carbocycles. The Hall–Kier alpha value is -16.0. The third-order valence-corrected chi connectivity index (χ3v) is 29.3. The van der Waals surface area contributed by atoms with E-state index < -0.39 is 0 Å². The van der Waals surface area contributed by atoms with E-state index in [2.05, 4.69) is 459 Å². The highest BCUT2D eigenvalue weighted by molar-refractivity contribution is 6.17. The molecule has 7 heteroatoms. The van der Waals surface area contributed by atoms with Gasteiger partial charge in [0.05, 0.1) is 60.9 Å². The second kappa shape index (κ2) is 26.5. The van der Waals surface area contributed by atoms with E-state index in [1.165, 1.54) is 160 Å². The van der Waals surface area contributed by atoms with E-state index in [4.69, 9.17) is 9.97 Å². The van der Waals surface area contributed by atoms with Gasteiger partial charge >= 0.3 is 0 Å². The first-order valence-electron chi connectivity index (χ1n) is 44.7. The Morgan fingerprint density at radius 2 is 0.430 bits per heavy atom. The Bertz CT molecular complexity index is 8690. The standard InChI is InChI=1S/C121H83N7/c1-119(2)100-33-17-10-26-84(100)87-53-50-81(68-103(87)119)125-108-37-21-14-30-91(108)95-63-75(43-57-112(95)125)74-42-56-111-94(62-74)90-29-13-20-36-107(90)124(111)80-48-40-72(41-49-80)106-71-117(123-118(122-106)73-24-8-7-9-25-73)128-115-60-46-78(76-44-58-113-96(64-76)92-31-15-22-38-109(92)126(113)82-51-54-88-85-27-11-18-34-101(85)120(3,4)104(88)69-82)66-98(115)99-67-79(47-61-116(99)128)77-45-59-114-97(65-77)93-32-16-23-39-110(93)127(114)83-52-55-89-86-28-12-19-35-102(86)121(5,6)105(89)70-83/h7-71H,1-6H3. The van der Waals surface area contributed by atoms with Crippen molar-refractivity contribution in [3.8, 4) is 118 Å². The highest BCUT2D eigenvalue weighted by Gasteiger charge is 2.39. The number of nitrogens with zero attached hydrogens (tertiary/aromatic N) is 7. The lowest BCUT2D eigenvalue weighted by molar-refractivity contribution is 0.660. The quantitative estimate of drug-likeness (QED) is 0.137. The van der Waals surface area contributed by atoms with Gasteiger partial charge in [-0.05, 0) is 246 Å². The third kappa shape index (κ3) is 10.3. The van der Waals surface area contributed by atoms with Crippen LogP contribution in [-0.2, 0) is 16.2 Å². The molecule has 6 heterocycles. The fraction of sp³-hybridized carbons (Fsp3) is 0.0744. The molecule has 0 N–H and O–H groups in total. The largest absolute Gasteiger partial charge is 0.309 e. The lowest BCUT2D eigenvalue weighted by Crippen LogP contribution is -2.15. The molecule has 0 spiro atoms. The molecular weight excluding hydrogens is 1550 g/mol. The van der Waals surface area contributed by atoms with Gasteiger partial charge < -0.3 is 18.3 Å². The van der Waals surface area contributed by atoms with Crippen LogP contribution in [0.3, 0.4) is 0 Å². The Balaban J connectivity index is 0.584. The first-order chi connectivity index (χ1) is 62.7. The van der Waals surface area contributed by atoms with Gasteiger partial charge in [0.2, 0.25) is 0 Å². The molecule has 0 unspecified atom stereocenters. The van der Waals surface area contributed by atoms with Gasteiger partial charge in [0.15, 0.2) is 5.82 Å². The highest BCUT2D eigenvalue weighted by atomic mass is 15.1. The van der Waals surface area contributed by atoms with Gasteiger partial charge in [0.1, 0.15) is 5.82 Å². The summed E-state index contributed by atoms with van der Waals surface area (Å²) in [6, 6.07) is 148. The van der Waals surface area contributed by atoms with Crippen molar-refractivity contribution in [3.05, 3.63) is 428 Å². The molecule has 0 saturated heterocycles. The number of rotatable bonds is 10. The maximum absolute atomic E-state index is 5.65. The average Bonchev–Trinajstić information content (AvgIpc) is 1.56. The van der Waals surface area contributed by atoms with Crippen molar-refractivity contribution in [1.29, 1.82) is 0 Å². The van der Waals surface area contributed by atoms with Crippen LogP contribution >= 0.6 is 0 Å². The van der Waals surface area contributed by atoms with Crippen LogP contribution in [0.15, 0.2) is 394 Å². The third-order valence-electron chi connectivity index (χ3n) is 29.3. The van der Waals surface area contributed by atoms with Crippen LogP contribution in [0.2, 0.25) is 0 Å². The van der Waals surface area contributed by atoms with E-state index in [1.807, 2.05) is 0 Å². The molecule has 128 heavy (non-hydrogen) atoms. The predicted molar refractivity (Wildman–Crippen MR) is 534 cm³/mol. The minimum Gasteiger partial charge on any atom is -0.309 e. The van der Waals surface area contributed by atoms with Gasteiger partial charge in [-0.2, -0.15) is 0 Å². The molecule has 0 amide bonds. The molecule has 3 aliphatic rings. The zero-order valence-corrected chi connectivity index (χ0v) is 71.7. The van der Waals surface area contributed by atoms with Crippen LogP contribution in [0, 0.1) is 0 Å². The van der Waals surface area contributed by atoms with E-state index in [0.717, 1.165) is 94.8 Å². The second-order valence-electron chi connectivity index (χ2n) is 37.2. The van der Waals surface area contributed by atoms with Crippen molar-refractivity contribution in [2.45, 2.75) is 57.8 Å². The van der Waals surface area contributed by atoms with Gasteiger partial charge in [0.25, 0.3) is 0 Å². The van der Waals surface area contributed by atoms with Crippen molar-refractivity contribution in [1.82, 2.24) is 32.8 Å². The van der Waals surface area contributed by atoms with Gasteiger partial charge in [0, 0.05) is 110 Å². The topological polar surface area (TPSA) is 50.4 Å². The van der Waals surface area contributed by atoms with Crippen LogP contribution in [0.4, 0.5) is 0 Å². The smallest absolute Gasteiger partial charge is 0.162 e. The first kappa shape index (κ1) is 72.5. The van der Waals surface area contributed by atoms with Crippen molar-refractivity contribution < 1.29 is 0 Å². The van der Waals surface area contributed by atoms with Crippen molar-refractivity contribution in [2.24, 2.45) is 0 Å². The molecule has 27 rings (SSSR count). The molecule has 0 radical (unpaired) electrons. The van der Waals surface area contributed by atoms with Gasteiger partial charge in [-0.25, -0.2) is 9.97 Å². The maximum atomic E-state index is 5.65. The van der Waals surface area contributed by atoms with Gasteiger partial charge in [-0.15, -0.1) is 0 Å². The molecule has 0 bridgehead atoms. The van der Waals surface area contributed by atoms with E-state index in [-0.39, 0.29) is 16.2 Å². The number of benzene rings is 18. The summed E-state index contributed by atoms with van der Waals surface area (Å²) in [7, 11) is 0. The summed E-state index contributed by atoms with van der Waals surface area (Å²) in [4.78, 5) is 11.2. The van der Waals surface area contributed by atoms with Crippen LogP contribution in [0.1, 0.15) is 74.9 Å². The fourth-order valence-corrected chi connectivity index (χ4v) is 23.0.